The Labute approximate surface area is 259 Å². The summed E-state index contributed by atoms with van der Waals surface area (Å²) in [6.45, 7) is 10.1. The maximum Gasteiger partial charge on any atom is 0.229 e. The molecule has 0 bridgehead atoms. The lowest BCUT2D eigenvalue weighted by Crippen LogP contribution is -2.46. The van der Waals surface area contributed by atoms with Crippen LogP contribution in [0.15, 0.2) is 54.6 Å². The van der Waals surface area contributed by atoms with Crippen LogP contribution in [-0.4, -0.2) is 87.3 Å². The van der Waals surface area contributed by atoms with Crippen LogP contribution >= 0.6 is 0 Å². The van der Waals surface area contributed by atoms with Crippen LogP contribution in [-0.2, 0) is 22.4 Å². The topological polar surface area (TPSA) is 94.1 Å². The molecule has 2 aromatic heterocycles. The van der Waals surface area contributed by atoms with E-state index in [0.717, 1.165) is 78.7 Å². The monoisotopic (exact) mass is 598 g/mol. The quantitative estimate of drug-likeness (QED) is 0.263. The Morgan fingerprint density at radius 1 is 0.864 bits per heavy atom. The van der Waals surface area contributed by atoms with E-state index in [4.69, 9.17) is 33.9 Å². The van der Waals surface area contributed by atoms with E-state index in [0.29, 0.717) is 31.4 Å². The van der Waals surface area contributed by atoms with Crippen molar-refractivity contribution in [1.29, 1.82) is 0 Å². The molecule has 44 heavy (non-hydrogen) atoms. The summed E-state index contributed by atoms with van der Waals surface area (Å²) in [7, 11) is 3.40. The van der Waals surface area contributed by atoms with Crippen LogP contribution in [0, 0.1) is 0 Å². The minimum absolute atomic E-state index is 0.103. The average Bonchev–Trinajstić information content (AvgIpc) is 3.06. The fraction of sp³-hybridized carbons (Fsp3) is 0.441. The number of fused-ring (bicyclic) bond motifs is 1. The fourth-order valence-electron chi connectivity index (χ4n) is 5.97. The Kier molecular flexibility index (Phi) is 9.40. The SMILES string of the molecule is COc1ccc(CCNCc2cc(-c3ccc4c(N5CCOCC5)nc(N5C[C@@H](C)O[C@@H](C)C5)nc4n3)ccc2OC)cc1. The second-order valence-corrected chi connectivity index (χ2v) is 11.5. The molecule has 0 saturated carbocycles. The lowest BCUT2D eigenvalue weighted by atomic mass is 10.1. The number of hydrogen-bond donors (Lipinski definition) is 1. The zero-order valence-corrected chi connectivity index (χ0v) is 26.1. The first-order valence-electron chi connectivity index (χ1n) is 15.4. The molecule has 2 aliphatic rings. The summed E-state index contributed by atoms with van der Waals surface area (Å²) in [5.41, 5.74) is 4.91. The molecule has 4 aromatic rings. The molecule has 2 aliphatic heterocycles. The highest BCUT2D eigenvalue weighted by atomic mass is 16.5. The highest BCUT2D eigenvalue weighted by Crippen LogP contribution is 2.31. The van der Waals surface area contributed by atoms with Gasteiger partial charge in [0.1, 0.15) is 17.3 Å². The van der Waals surface area contributed by atoms with Gasteiger partial charge in [-0.2, -0.15) is 9.97 Å². The maximum absolute atomic E-state index is 5.99. The summed E-state index contributed by atoms with van der Waals surface area (Å²) in [6, 6.07) is 18.6. The number of aromatic nitrogens is 3. The van der Waals surface area contributed by atoms with Crippen LogP contribution in [0.1, 0.15) is 25.0 Å². The molecule has 1 N–H and O–H groups in total. The Morgan fingerprint density at radius 2 is 1.64 bits per heavy atom. The molecule has 6 rings (SSSR count). The van der Waals surface area contributed by atoms with E-state index >= 15 is 0 Å². The molecular formula is C34H42N6O4. The van der Waals surface area contributed by atoms with Crippen molar-refractivity contribution in [2.45, 2.75) is 39.0 Å². The average molecular weight is 599 g/mol. The normalized spacial score (nSPS) is 18.9. The summed E-state index contributed by atoms with van der Waals surface area (Å²) in [6.07, 6.45) is 1.13. The number of methoxy groups -OCH3 is 2. The number of benzene rings is 2. The van der Waals surface area contributed by atoms with Crippen molar-refractivity contribution >= 4 is 22.8 Å². The Balaban J connectivity index is 1.26. The first kappa shape index (κ1) is 30.1. The molecule has 2 fully saturated rings. The van der Waals surface area contributed by atoms with Gasteiger partial charge in [-0.25, -0.2) is 4.98 Å². The van der Waals surface area contributed by atoms with Crippen molar-refractivity contribution in [1.82, 2.24) is 20.3 Å². The van der Waals surface area contributed by atoms with Crippen LogP contribution in [0.25, 0.3) is 22.3 Å². The zero-order chi connectivity index (χ0) is 30.5. The molecule has 232 valence electrons. The largest absolute Gasteiger partial charge is 0.497 e. The first-order valence-corrected chi connectivity index (χ1v) is 15.4. The number of nitrogens with zero attached hydrogens (tertiary/aromatic N) is 5. The smallest absolute Gasteiger partial charge is 0.229 e. The van der Waals surface area contributed by atoms with Gasteiger partial charge < -0.3 is 34.1 Å². The van der Waals surface area contributed by atoms with Gasteiger partial charge in [0.05, 0.1) is 50.7 Å². The molecular weight excluding hydrogens is 556 g/mol. The van der Waals surface area contributed by atoms with Gasteiger partial charge in [0.25, 0.3) is 0 Å². The van der Waals surface area contributed by atoms with E-state index in [1.807, 2.05) is 18.2 Å². The molecule has 2 atom stereocenters. The summed E-state index contributed by atoms with van der Waals surface area (Å²) < 4.78 is 22.6. The van der Waals surface area contributed by atoms with Crippen LogP contribution in [0.3, 0.4) is 0 Å². The predicted molar refractivity (Wildman–Crippen MR) is 173 cm³/mol. The van der Waals surface area contributed by atoms with Crippen LogP contribution in [0.2, 0.25) is 0 Å². The van der Waals surface area contributed by atoms with Gasteiger partial charge >= 0.3 is 0 Å². The lowest BCUT2D eigenvalue weighted by molar-refractivity contribution is -0.00570. The molecule has 2 saturated heterocycles. The molecule has 0 unspecified atom stereocenters. The van der Waals surface area contributed by atoms with E-state index < -0.39 is 0 Å². The summed E-state index contributed by atoms with van der Waals surface area (Å²) in [5.74, 6) is 3.33. The second-order valence-electron chi connectivity index (χ2n) is 11.5. The van der Waals surface area contributed by atoms with Crippen molar-refractivity contribution in [2.24, 2.45) is 0 Å². The van der Waals surface area contributed by atoms with Crippen molar-refractivity contribution in [3.8, 4) is 22.8 Å². The maximum atomic E-state index is 5.99. The van der Waals surface area contributed by atoms with E-state index in [-0.39, 0.29) is 12.2 Å². The second kappa shape index (κ2) is 13.8. The highest BCUT2D eigenvalue weighted by molar-refractivity contribution is 5.90. The predicted octanol–water partition coefficient (Wildman–Crippen LogP) is 4.49. The van der Waals surface area contributed by atoms with Crippen LogP contribution < -0.4 is 24.6 Å². The number of morpholine rings is 2. The standard InChI is InChI=1S/C34H42N6O4/c1-23-21-40(22-24(2)44-23)34-37-32-29(33(38-34)39-15-17-43-18-16-39)10-11-30(36-32)26-7-12-31(42-4)27(19-26)20-35-14-13-25-5-8-28(41-3)9-6-25/h5-12,19,23-24,35H,13-18,20-22H2,1-4H3/t23-,24+. The number of nitrogens with one attached hydrogen (secondary N) is 1. The van der Waals surface area contributed by atoms with Gasteiger partial charge in [0.15, 0.2) is 5.65 Å². The molecule has 0 radical (unpaired) electrons. The van der Waals surface area contributed by atoms with Crippen molar-refractivity contribution in [3.63, 3.8) is 0 Å². The van der Waals surface area contributed by atoms with Crippen LogP contribution in [0.5, 0.6) is 11.5 Å². The summed E-state index contributed by atoms with van der Waals surface area (Å²) in [4.78, 5) is 19.7. The third-order valence-electron chi connectivity index (χ3n) is 8.18. The number of ether oxygens (including phenoxy) is 4. The third kappa shape index (κ3) is 6.88. The van der Waals surface area contributed by atoms with E-state index in [9.17, 15) is 0 Å². The molecule has 10 heteroatoms. The van der Waals surface area contributed by atoms with Crippen molar-refractivity contribution in [3.05, 3.63) is 65.7 Å². The van der Waals surface area contributed by atoms with Crippen LogP contribution in [0.4, 0.5) is 11.8 Å². The lowest BCUT2D eigenvalue weighted by Gasteiger charge is -2.36. The van der Waals surface area contributed by atoms with Crippen molar-refractivity contribution < 1.29 is 18.9 Å². The Bertz CT molecular complexity index is 1550. The van der Waals surface area contributed by atoms with Gasteiger partial charge in [-0.1, -0.05) is 12.1 Å². The molecule has 0 amide bonds. The van der Waals surface area contributed by atoms with Gasteiger partial charge in [-0.3, -0.25) is 0 Å². The minimum atomic E-state index is 0.103. The number of anilines is 2. The molecule has 2 aromatic carbocycles. The fourth-order valence-corrected chi connectivity index (χ4v) is 5.97. The summed E-state index contributed by atoms with van der Waals surface area (Å²) >= 11 is 0. The molecule has 0 aliphatic carbocycles. The number of hydrogen-bond acceptors (Lipinski definition) is 10. The summed E-state index contributed by atoms with van der Waals surface area (Å²) in [5, 5.41) is 4.52. The Morgan fingerprint density at radius 3 is 2.36 bits per heavy atom. The van der Waals surface area contributed by atoms with Gasteiger partial charge in [-0.15, -0.1) is 0 Å². The van der Waals surface area contributed by atoms with E-state index in [1.165, 1.54) is 5.56 Å². The van der Waals surface area contributed by atoms with Gasteiger partial charge in [0.2, 0.25) is 5.95 Å². The number of rotatable bonds is 10. The third-order valence-corrected chi connectivity index (χ3v) is 8.18. The minimum Gasteiger partial charge on any atom is -0.497 e. The molecule has 4 heterocycles. The van der Waals surface area contributed by atoms with E-state index in [1.54, 1.807) is 14.2 Å². The van der Waals surface area contributed by atoms with Gasteiger partial charge in [0, 0.05) is 43.9 Å². The zero-order valence-electron chi connectivity index (χ0n) is 26.1. The van der Waals surface area contributed by atoms with E-state index in [2.05, 4.69) is 65.4 Å². The highest BCUT2D eigenvalue weighted by Gasteiger charge is 2.27. The van der Waals surface area contributed by atoms with Crippen molar-refractivity contribution in [2.75, 3.05) is 70.0 Å². The Hall–Kier alpha value is -3.99. The van der Waals surface area contributed by atoms with Gasteiger partial charge in [-0.05, 0) is 74.8 Å². The first-order chi connectivity index (χ1) is 21.5. The molecule has 0 spiro atoms. The number of pyridine rings is 1. The molecule has 10 nitrogen and oxygen atoms in total.